The van der Waals surface area contributed by atoms with Crippen LogP contribution in [0, 0.1) is 0 Å². The Morgan fingerprint density at radius 2 is 1.70 bits per heavy atom. The van der Waals surface area contributed by atoms with Gasteiger partial charge in [0, 0.05) is 4.47 Å². The van der Waals surface area contributed by atoms with Gasteiger partial charge in [-0.3, -0.25) is 9.36 Å². The number of fused-ring (bicyclic) bond motifs is 1. The molecule has 4 aromatic rings. The summed E-state index contributed by atoms with van der Waals surface area (Å²) in [6.45, 7) is 3.71. The summed E-state index contributed by atoms with van der Waals surface area (Å²) in [6.07, 6.45) is 1.72. The number of carboxylic acids is 1. The average Bonchev–Trinajstić information content (AvgIpc) is 3.36. The Kier molecular flexibility index (Phi) is 10.2. The van der Waals surface area contributed by atoms with E-state index in [-0.39, 0.29) is 29.9 Å². The maximum atomic E-state index is 14.1. The van der Waals surface area contributed by atoms with Crippen molar-refractivity contribution in [3.05, 3.63) is 112 Å². The summed E-state index contributed by atoms with van der Waals surface area (Å²) in [6, 6.07) is 14.3. The molecule has 244 valence electrons. The third kappa shape index (κ3) is 6.81. The van der Waals surface area contributed by atoms with E-state index < -0.39 is 18.0 Å². The monoisotopic (exact) mass is 722 g/mol. The van der Waals surface area contributed by atoms with E-state index in [1.165, 1.54) is 43.3 Å². The standard InChI is InChI=1S/C34H31BrN2O9S/c1-6-45-33(41)29-18(2)36-34-37(30(29)22-15-26(43-4)27(44-5)16-23(22)35)31(38)28(47-34)14-19-10-11-24(25(13-19)42-3)46-17-20-8-7-9-21(12-20)32(39)40/h7-16,30H,6,17H2,1-5H3,(H,39,40)/b28-14-/t30-/m1/s1. The molecule has 0 saturated carbocycles. The highest BCUT2D eigenvalue weighted by Gasteiger charge is 2.35. The number of rotatable bonds is 11. The van der Waals surface area contributed by atoms with Gasteiger partial charge in [-0.25, -0.2) is 14.6 Å². The second-order valence-corrected chi connectivity index (χ2v) is 12.1. The van der Waals surface area contributed by atoms with E-state index >= 15 is 0 Å². The van der Waals surface area contributed by atoms with Crippen molar-refractivity contribution in [3.63, 3.8) is 0 Å². The number of hydrogen-bond acceptors (Lipinski definition) is 10. The van der Waals surface area contributed by atoms with Crippen molar-refractivity contribution in [2.75, 3.05) is 27.9 Å². The number of ether oxygens (including phenoxy) is 5. The maximum absolute atomic E-state index is 14.1. The Hall–Kier alpha value is -4.88. The lowest BCUT2D eigenvalue weighted by Crippen LogP contribution is -2.40. The molecule has 47 heavy (non-hydrogen) atoms. The van der Waals surface area contributed by atoms with Crippen molar-refractivity contribution in [3.8, 4) is 23.0 Å². The third-order valence-electron chi connectivity index (χ3n) is 7.37. The molecule has 5 rings (SSSR count). The summed E-state index contributed by atoms with van der Waals surface area (Å²) in [5, 5.41) is 9.27. The van der Waals surface area contributed by atoms with Crippen LogP contribution in [0.15, 0.2) is 80.1 Å². The smallest absolute Gasteiger partial charge is 0.338 e. The van der Waals surface area contributed by atoms with E-state index in [0.29, 0.717) is 59.2 Å². The zero-order valence-corrected chi connectivity index (χ0v) is 28.6. The van der Waals surface area contributed by atoms with Crippen LogP contribution in [0.3, 0.4) is 0 Å². The number of methoxy groups -OCH3 is 3. The van der Waals surface area contributed by atoms with Crippen molar-refractivity contribution in [1.82, 2.24) is 4.57 Å². The number of carboxylic acid groups (broad SMARTS) is 1. The van der Waals surface area contributed by atoms with Crippen molar-refractivity contribution in [1.29, 1.82) is 0 Å². The van der Waals surface area contributed by atoms with Crippen LogP contribution in [0.4, 0.5) is 0 Å². The highest BCUT2D eigenvalue weighted by Crippen LogP contribution is 2.41. The van der Waals surface area contributed by atoms with Crippen LogP contribution in [0.2, 0.25) is 0 Å². The molecule has 0 radical (unpaired) electrons. The Balaban J connectivity index is 1.57. The second-order valence-electron chi connectivity index (χ2n) is 10.2. The molecule has 0 fully saturated rings. The van der Waals surface area contributed by atoms with Crippen LogP contribution in [-0.4, -0.2) is 49.5 Å². The fraction of sp³-hybridized carbons (Fsp3) is 0.235. The van der Waals surface area contributed by atoms with E-state index in [1.54, 1.807) is 68.5 Å². The topological polar surface area (TPSA) is 135 Å². The number of aromatic nitrogens is 1. The quantitative estimate of drug-likeness (QED) is 0.215. The van der Waals surface area contributed by atoms with E-state index in [4.69, 9.17) is 23.7 Å². The number of allylic oxidation sites excluding steroid dienone is 1. The molecule has 11 nitrogen and oxygen atoms in total. The van der Waals surface area contributed by atoms with Gasteiger partial charge < -0.3 is 28.8 Å². The summed E-state index contributed by atoms with van der Waals surface area (Å²) in [5.41, 5.74) is 2.41. The van der Waals surface area contributed by atoms with Crippen LogP contribution in [0.5, 0.6) is 23.0 Å². The Morgan fingerprint density at radius 3 is 2.38 bits per heavy atom. The minimum atomic E-state index is -1.02. The minimum absolute atomic E-state index is 0.128. The highest BCUT2D eigenvalue weighted by molar-refractivity contribution is 9.10. The molecule has 1 aliphatic heterocycles. The first kappa shape index (κ1) is 33.5. The van der Waals surface area contributed by atoms with Crippen molar-refractivity contribution in [2.45, 2.75) is 26.5 Å². The molecule has 1 aromatic heterocycles. The van der Waals surface area contributed by atoms with Gasteiger partial charge in [-0.05, 0) is 73.0 Å². The largest absolute Gasteiger partial charge is 0.493 e. The molecular formula is C34H31BrN2O9S. The molecule has 3 aromatic carbocycles. The number of aromatic carboxylic acids is 1. The zero-order valence-electron chi connectivity index (χ0n) is 26.2. The molecule has 1 atom stereocenters. The molecule has 0 aliphatic carbocycles. The number of thiazole rings is 1. The van der Waals surface area contributed by atoms with Crippen molar-refractivity contribution < 1.29 is 38.4 Å². The van der Waals surface area contributed by atoms with Gasteiger partial charge in [0.05, 0.1) is 55.3 Å². The van der Waals surface area contributed by atoms with E-state index in [2.05, 4.69) is 20.9 Å². The molecule has 0 saturated heterocycles. The van der Waals surface area contributed by atoms with Gasteiger partial charge in [0.15, 0.2) is 27.8 Å². The van der Waals surface area contributed by atoms with Crippen LogP contribution >= 0.6 is 27.3 Å². The van der Waals surface area contributed by atoms with E-state index in [0.717, 1.165) is 0 Å². The number of carbonyl (C=O) groups excluding carboxylic acids is 1. The minimum Gasteiger partial charge on any atom is -0.493 e. The molecule has 1 N–H and O–H groups in total. The van der Waals surface area contributed by atoms with Crippen LogP contribution < -0.4 is 33.8 Å². The van der Waals surface area contributed by atoms with Crippen LogP contribution in [-0.2, 0) is 16.1 Å². The maximum Gasteiger partial charge on any atom is 0.338 e. The highest BCUT2D eigenvalue weighted by atomic mass is 79.9. The molecule has 0 unspecified atom stereocenters. The first-order chi connectivity index (χ1) is 22.6. The molecule has 13 heteroatoms. The first-order valence-corrected chi connectivity index (χ1v) is 15.9. The summed E-state index contributed by atoms with van der Waals surface area (Å²) in [4.78, 5) is 43.8. The first-order valence-electron chi connectivity index (χ1n) is 14.3. The fourth-order valence-electron chi connectivity index (χ4n) is 5.17. The predicted octanol–water partition coefficient (Wildman–Crippen LogP) is 4.86. The lowest BCUT2D eigenvalue weighted by Gasteiger charge is -2.26. The fourth-order valence-corrected chi connectivity index (χ4v) is 6.75. The normalized spacial score (nSPS) is 14.3. The molecule has 2 heterocycles. The van der Waals surface area contributed by atoms with Crippen molar-refractivity contribution in [2.24, 2.45) is 4.99 Å². The molecular weight excluding hydrogens is 692 g/mol. The van der Waals surface area contributed by atoms with E-state index in [1.807, 2.05) is 0 Å². The van der Waals surface area contributed by atoms with Crippen molar-refractivity contribution >= 4 is 45.3 Å². The summed E-state index contributed by atoms with van der Waals surface area (Å²) < 4.78 is 30.4. The van der Waals surface area contributed by atoms with Gasteiger partial charge >= 0.3 is 11.9 Å². The van der Waals surface area contributed by atoms with Gasteiger partial charge in [-0.2, -0.15) is 0 Å². The number of hydrogen-bond donors (Lipinski definition) is 1. The van der Waals surface area contributed by atoms with Crippen LogP contribution in [0.25, 0.3) is 6.08 Å². The third-order valence-corrected chi connectivity index (χ3v) is 9.04. The van der Waals surface area contributed by atoms with Gasteiger partial charge in [0.1, 0.15) is 6.61 Å². The van der Waals surface area contributed by atoms with Gasteiger partial charge in [0.25, 0.3) is 5.56 Å². The Bertz CT molecular complexity index is 2080. The van der Waals surface area contributed by atoms with Gasteiger partial charge in [-0.1, -0.05) is 45.5 Å². The molecule has 0 spiro atoms. The van der Waals surface area contributed by atoms with E-state index in [9.17, 15) is 19.5 Å². The van der Waals surface area contributed by atoms with Gasteiger partial charge in [-0.15, -0.1) is 0 Å². The molecule has 0 bridgehead atoms. The number of carbonyl (C=O) groups is 2. The molecule has 0 amide bonds. The summed E-state index contributed by atoms with van der Waals surface area (Å²) in [7, 11) is 4.54. The number of nitrogens with zero attached hydrogens (tertiary/aromatic N) is 2. The zero-order chi connectivity index (χ0) is 33.8. The number of benzene rings is 3. The number of esters is 1. The lowest BCUT2D eigenvalue weighted by molar-refractivity contribution is -0.139. The second kappa shape index (κ2) is 14.3. The predicted molar refractivity (Wildman–Crippen MR) is 178 cm³/mol. The van der Waals surface area contributed by atoms with Gasteiger partial charge in [0.2, 0.25) is 0 Å². The Morgan fingerprint density at radius 1 is 1.00 bits per heavy atom. The Labute approximate surface area is 282 Å². The number of halogens is 1. The SMILES string of the molecule is CCOC(=O)C1=C(C)N=c2s/c(=C\c3ccc(OCc4cccc(C(=O)O)c4)c(OC)c3)c(=O)n2[C@@H]1c1cc(OC)c(OC)cc1Br. The lowest BCUT2D eigenvalue weighted by atomic mass is 9.95. The molecule has 1 aliphatic rings. The van der Waals surface area contributed by atoms with Crippen LogP contribution in [0.1, 0.15) is 46.9 Å². The summed E-state index contributed by atoms with van der Waals surface area (Å²) >= 11 is 4.80. The summed E-state index contributed by atoms with van der Waals surface area (Å²) in [5.74, 6) is 0.172. The average molecular weight is 724 g/mol.